The van der Waals surface area contributed by atoms with Gasteiger partial charge >= 0.3 is 0 Å². The van der Waals surface area contributed by atoms with Gasteiger partial charge in [0, 0.05) is 11.6 Å². The fourth-order valence-electron chi connectivity index (χ4n) is 3.93. The maximum absolute atomic E-state index is 13.2. The second kappa shape index (κ2) is 8.21. The van der Waals surface area contributed by atoms with Gasteiger partial charge in [0.15, 0.2) is 0 Å². The molecule has 0 radical (unpaired) electrons. The van der Waals surface area contributed by atoms with Crippen molar-refractivity contribution < 1.29 is 4.79 Å². The van der Waals surface area contributed by atoms with Crippen LogP contribution in [0.3, 0.4) is 0 Å². The van der Waals surface area contributed by atoms with Crippen LogP contribution in [0.1, 0.15) is 51.5 Å². The minimum atomic E-state index is -0.0971. The Kier molecular flexibility index (Phi) is 5.49. The number of piperidine rings is 1. The number of aryl methyl sites for hydroxylation is 3. The van der Waals surface area contributed by atoms with Gasteiger partial charge in [-0.2, -0.15) is 5.10 Å². The molecular formula is C24H28N4O. The lowest BCUT2D eigenvalue weighted by Gasteiger charge is -2.24. The molecular weight excluding hydrogens is 360 g/mol. The molecule has 4 rings (SSSR count). The molecule has 2 aromatic carbocycles. The molecule has 0 aliphatic carbocycles. The second-order valence-electron chi connectivity index (χ2n) is 7.97. The Hall–Kier alpha value is -2.92. The molecule has 29 heavy (non-hydrogen) atoms. The van der Waals surface area contributed by atoms with Crippen LogP contribution in [-0.4, -0.2) is 28.8 Å². The predicted molar refractivity (Wildman–Crippen MR) is 117 cm³/mol. The summed E-state index contributed by atoms with van der Waals surface area (Å²) in [6.07, 6.45) is 3.72. The summed E-state index contributed by atoms with van der Waals surface area (Å²) in [7, 11) is 0. The van der Waals surface area contributed by atoms with Gasteiger partial charge in [0.05, 0.1) is 23.1 Å². The van der Waals surface area contributed by atoms with Crippen molar-refractivity contribution in [3.8, 4) is 5.69 Å². The van der Waals surface area contributed by atoms with Crippen LogP contribution in [0, 0.1) is 20.8 Å². The van der Waals surface area contributed by atoms with Crippen LogP contribution in [0.5, 0.6) is 0 Å². The molecule has 2 heterocycles. The van der Waals surface area contributed by atoms with Crippen molar-refractivity contribution in [1.29, 1.82) is 0 Å². The molecule has 1 aromatic heterocycles. The lowest BCUT2D eigenvalue weighted by Crippen LogP contribution is -2.29. The van der Waals surface area contributed by atoms with E-state index in [9.17, 15) is 4.79 Å². The number of amides is 1. The number of nitrogens with zero attached hydrogens (tertiary/aromatic N) is 2. The Morgan fingerprint density at radius 3 is 2.45 bits per heavy atom. The molecule has 5 heteroatoms. The van der Waals surface area contributed by atoms with Gasteiger partial charge in [-0.3, -0.25) is 4.79 Å². The second-order valence-corrected chi connectivity index (χ2v) is 7.97. The summed E-state index contributed by atoms with van der Waals surface area (Å²) in [5.74, 6) is 0.209. The molecule has 0 spiro atoms. The fourth-order valence-corrected chi connectivity index (χ4v) is 3.93. The van der Waals surface area contributed by atoms with Crippen molar-refractivity contribution in [2.24, 2.45) is 0 Å². The summed E-state index contributed by atoms with van der Waals surface area (Å²) < 4.78 is 1.95. The Balaban J connectivity index is 1.70. The first-order chi connectivity index (χ1) is 14.0. The van der Waals surface area contributed by atoms with Gasteiger partial charge < -0.3 is 10.6 Å². The van der Waals surface area contributed by atoms with E-state index in [4.69, 9.17) is 0 Å². The third-order valence-electron chi connectivity index (χ3n) is 5.82. The van der Waals surface area contributed by atoms with Crippen LogP contribution in [0.25, 0.3) is 5.69 Å². The van der Waals surface area contributed by atoms with E-state index in [1.54, 1.807) is 6.20 Å². The molecule has 0 unspecified atom stereocenters. The number of hydrogen-bond donors (Lipinski definition) is 2. The summed E-state index contributed by atoms with van der Waals surface area (Å²) >= 11 is 0. The first-order valence-corrected chi connectivity index (χ1v) is 10.3. The van der Waals surface area contributed by atoms with Crippen molar-refractivity contribution >= 4 is 11.6 Å². The minimum absolute atomic E-state index is 0.0971. The van der Waals surface area contributed by atoms with E-state index in [2.05, 4.69) is 60.8 Å². The van der Waals surface area contributed by atoms with Crippen molar-refractivity contribution in [1.82, 2.24) is 15.1 Å². The highest BCUT2D eigenvalue weighted by Crippen LogP contribution is 2.31. The van der Waals surface area contributed by atoms with Crippen LogP contribution in [0.4, 0.5) is 5.69 Å². The summed E-state index contributed by atoms with van der Waals surface area (Å²) in [6, 6.07) is 14.3. The van der Waals surface area contributed by atoms with Gasteiger partial charge in [-0.05, 0) is 82.1 Å². The van der Waals surface area contributed by atoms with E-state index in [1.807, 2.05) is 22.9 Å². The highest BCUT2D eigenvalue weighted by Gasteiger charge is 2.27. The van der Waals surface area contributed by atoms with Crippen molar-refractivity contribution in [3.63, 3.8) is 0 Å². The summed E-state index contributed by atoms with van der Waals surface area (Å²) in [5.41, 5.74) is 7.07. The maximum Gasteiger partial charge on any atom is 0.259 e. The number of carbonyl (C=O) groups excluding carboxylic acids is 1. The standard InChI is InChI=1S/C24H28N4O/c1-16-4-8-21(9-5-16)28-23(19-10-12-25-13-11-19)22(15-26-28)24(29)27-20-7-6-17(2)18(3)14-20/h4-9,14-15,19,25H,10-13H2,1-3H3,(H,27,29). The average Bonchev–Trinajstić information content (AvgIpc) is 3.17. The molecule has 5 nitrogen and oxygen atoms in total. The lowest BCUT2D eigenvalue weighted by molar-refractivity contribution is 0.102. The van der Waals surface area contributed by atoms with Crippen molar-refractivity contribution in [2.75, 3.05) is 18.4 Å². The largest absolute Gasteiger partial charge is 0.322 e. The molecule has 0 bridgehead atoms. The van der Waals surface area contributed by atoms with Crippen LogP contribution < -0.4 is 10.6 Å². The van der Waals surface area contributed by atoms with E-state index in [-0.39, 0.29) is 5.91 Å². The summed E-state index contributed by atoms with van der Waals surface area (Å²) in [6.45, 7) is 8.12. The van der Waals surface area contributed by atoms with Crippen LogP contribution in [0.2, 0.25) is 0 Å². The lowest BCUT2D eigenvalue weighted by atomic mass is 9.91. The number of benzene rings is 2. The third kappa shape index (κ3) is 4.10. The molecule has 3 aromatic rings. The number of anilines is 1. The zero-order valence-corrected chi connectivity index (χ0v) is 17.3. The SMILES string of the molecule is Cc1ccc(-n2ncc(C(=O)Nc3ccc(C)c(C)c3)c2C2CCNCC2)cc1. The first-order valence-electron chi connectivity index (χ1n) is 10.3. The van der Waals surface area contributed by atoms with Gasteiger partial charge in [-0.25, -0.2) is 4.68 Å². The minimum Gasteiger partial charge on any atom is -0.322 e. The quantitative estimate of drug-likeness (QED) is 0.691. The maximum atomic E-state index is 13.2. The van der Waals surface area contributed by atoms with Gasteiger partial charge in [0.1, 0.15) is 0 Å². The number of nitrogens with one attached hydrogen (secondary N) is 2. The Morgan fingerprint density at radius 2 is 1.76 bits per heavy atom. The van der Waals surface area contributed by atoms with E-state index in [1.165, 1.54) is 11.1 Å². The van der Waals surface area contributed by atoms with Gasteiger partial charge in [-0.15, -0.1) is 0 Å². The molecule has 0 saturated carbocycles. The molecule has 1 aliphatic rings. The monoisotopic (exact) mass is 388 g/mol. The Labute approximate surface area is 172 Å². The van der Waals surface area contributed by atoms with Gasteiger partial charge in [-0.1, -0.05) is 23.8 Å². The van der Waals surface area contributed by atoms with E-state index < -0.39 is 0 Å². The van der Waals surface area contributed by atoms with E-state index in [0.29, 0.717) is 11.5 Å². The fraction of sp³-hybridized carbons (Fsp3) is 0.333. The van der Waals surface area contributed by atoms with Crippen LogP contribution >= 0.6 is 0 Å². The topological polar surface area (TPSA) is 59.0 Å². The molecule has 150 valence electrons. The Bertz CT molecular complexity index is 1010. The molecule has 0 atom stereocenters. The van der Waals surface area contributed by atoms with Crippen molar-refractivity contribution in [3.05, 3.63) is 76.6 Å². The number of hydrogen-bond acceptors (Lipinski definition) is 3. The number of aromatic nitrogens is 2. The predicted octanol–water partition coefficient (Wildman–Crippen LogP) is 4.52. The summed E-state index contributed by atoms with van der Waals surface area (Å²) in [5, 5.41) is 11.1. The Morgan fingerprint density at radius 1 is 1.03 bits per heavy atom. The van der Waals surface area contributed by atoms with Gasteiger partial charge in [0.25, 0.3) is 5.91 Å². The first kappa shape index (κ1) is 19.4. The van der Waals surface area contributed by atoms with E-state index in [0.717, 1.165) is 48.6 Å². The number of carbonyl (C=O) groups is 1. The zero-order valence-electron chi connectivity index (χ0n) is 17.3. The van der Waals surface area contributed by atoms with E-state index >= 15 is 0 Å². The highest BCUT2D eigenvalue weighted by atomic mass is 16.1. The molecule has 1 aliphatic heterocycles. The molecule has 1 saturated heterocycles. The van der Waals surface area contributed by atoms with Crippen molar-refractivity contribution in [2.45, 2.75) is 39.5 Å². The normalized spacial score (nSPS) is 14.7. The molecule has 1 fully saturated rings. The highest BCUT2D eigenvalue weighted by molar-refractivity contribution is 6.05. The smallest absolute Gasteiger partial charge is 0.259 e. The molecule has 2 N–H and O–H groups in total. The average molecular weight is 389 g/mol. The summed E-state index contributed by atoms with van der Waals surface area (Å²) in [4.78, 5) is 13.2. The molecule has 1 amide bonds. The number of rotatable bonds is 4. The van der Waals surface area contributed by atoms with Crippen LogP contribution in [0.15, 0.2) is 48.7 Å². The van der Waals surface area contributed by atoms with Crippen LogP contribution in [-0.2, 0) is 0 Å². The zero-order chi connectivity index (χ0) is 20.4. The third-order valence-corrected chi connectivity index (χ3v) is 5.82. The van der Waals surface area contributed by atoms with Gasteiger partial charge in [0.2, 0.25) is 0 Å².